The average Bonchev–Trinajstić information content (AvgIpc) is 2.55. The summed E-state index contributed by atoms with van der Waals surface area (Å²) < 4.78 is 23.5. The maximum atomic E-state index is 11.8. The minimum absolute atomic E-state index is 0.476. The van der Waals surface area contributed by atoms with Gasteiger partial charge in [0.2, 0.25) is 5.37 Å². The van der Waals surface area contributed by atoms with Gasteiger partial charge in [-0.25, -0.2) is 13.2 Å². The van der Waals surface area contributed by atoms with Crippen LogP contribution in [0.1, 0.15) is 25.7 Å². The van der Waals surface area contributed by atoms with E-state index in [1.165, 1.54) is 7.05 Å². The third-order valence-electron chi connectivity index (χ3n) is 2.58. The first-order chi connectivity index (χ1) is 6.50. The first-order valence-corrected chi connectivity index (χ1v) is 6.24. The summed E-state index contributed by atoms with van der Waals surface area (Å²) in [6.07, 6.45) is 2.93. The fourth-order valence-corrected chi connectivity index (χ4v) is 3.82. The number of sulfone groups is 1. The number of likely N-dealkylation sites (N-methyl/N-ethyl adjacent to an activating group) is 1. The number of nitrogens with one attached hydrogen (secondary N) is 1. The molecule has 1 rings (SSSR count). The second-order valence-corrected chi connectivity index (χ2v) is 5.82. The van der Waals surface area contributed by atoms with Crippen LogP contribution < -0.4 is 5.32 Å². The monoisotopic (exact) mass is 221 g/mol. The highest BCUT2D eigenvalue weighted by Gasteiger charge is 2.39. The van der Waals surface area contributed by atoms with Crippen molar-refractivity contribution >= 4 is 15.8 Å². The zero-order chi connectivity index (χ0) is 10.8. The minimum atomic E-state index is -3.56. The van der Waals surface area contributed by atoms with Gasteiger partial charge in [0, 0.05) is 0 Å². The van der Waals surface area contributed by atoms with E-state index in [1.54, 1.807) is 0 Å². The lowest BCUT2D eigenvalue weighted by atomic mass is 10.4. The highest BCUT2D eigenvalue weighted by molar-refractivity contribution is 7.93. The summed E-state index contributed by atoms with van der Waals surface area (Å²) >= 11 is 0. The molecule has 0 aromatic heterocycles. The molecule has 0 amide bonds. The van der Waals surface area contributed by atoms with Crippen molar-refractivity contribution in [1.29, 1.82) is 0 Å². The maximum Gasteiger partial charge on any atom is 0.336 e. The lowest BCUT2D eigenvalue weighted by Crippen LogP contribution is -2.45. The van der Waals surface area contributed by atoms with E-state index in [4.69, 9.17) is 5.11 Å². The van der Waals surface area contributed by atoms with Crippen molar-refractivity contribution in [3.8, 4) is 0 Å². The van der Waals surface area contributed by atoms with Crippen LogP contribution in [0.4, 0.5) is 0 Å². The molecule has 0 saturated heterocycles. The van der Waals surface area contributed by atoms with E-state index < -0.39 is 26.4 Å². The van der Waals surface area contributed by atoms with Crippen LogP contribution in [0.2, 0.25) is 0 Å². The second-order valence-electron chi connectivity index (χ2n) is 3.50. The van der Waals surface area contributed by atoms with Crippen molar-refractivity contribution in [2.75, 3.05) is 7.05 Å². The van der Waals surface area contributed by atoms with E-state index in [9.17, 15) is 13.2 Å². The molecule has 1 aliphatic rings. The van der Waals surface area contributed by atoms with Gasteiger partial charge in [0.15, 0.2) is 9.84 Å². The fourth-order valence-electron chi connectivity index (χ4n) is 1.84. The standard InChI is InChI=1S/C8H15NO4S/c1-9-7(8(10)11)14(12,13)6-4-2-3-5-6/h6-7,9H,2-5H2,1H3,(H,10,11). The molecule has 0 aliphatic heterocycles. The first kappa shape index (κ1) is 11.5. The summed E-state index contributed by atoms with van der Waals surface area (Å²) in [6.45, 7) is 0. The first-order valence-electron chi connectivity index (χ1n) is 4.63. The van der Waals surface area contributed by atoms with Gasteiger partial charge in [0.05, 0.1) is 5.25 Å². The molecule has 0 aromatic rings. The predicted octanol–water partition coefficient (Wildman–Crippen LogP) is -0.0261. The number of hydrogen-bond donors (Lipinski definition) is 2. The van der Waals surface area contributed by atoms with E-state index in [0.717, 1.165) is 12.8 Å². The molecular weight excluding hydrogens is 206 g/mol. The average molecular weight is 221 g/mol. The Kier molecular flexibility index (Phi) is 3.49. The molecule has 1 unspecified atom stereocenters. The fraction of sp³-hybridized carbons (Fsp3) is 0.875. The third-order valence-corrected chi connectivity index (χ3v) is 5.08. The van der Waals surface area contributed by atoms with Gasteiger partial charge in [-0.15, -0.1) is 0 Å². The zero-order valence-corrected chi connectivity index (χ0v) is 8.88. The van der Waals surface area contributed by atoms with E-state index in [-0.39, 0.29) is 0 Å². The Balaban J connectivity index is 2.86. The number of aliphatic carboxylic acids is 1. The molecule has 2 N–H and O–H groups in total. The van der Waals surface area contributed by atoms with Gasteiger partial charge in [0.1, 0.15) is 0 Å². The molecule has 0 heterocycles. The van der Waals surface area contributed by atoms with Crippen LogP contribution in [0.3, 0.4) is 0 Å². The van der Waals surface area contributed by atoms with E-state index in [0.29, 0.717) is 12.8 Å². The number of hydrogen-bond acceptors (Lipinski definition) is 4. The molecule has 6 heteroatoms. The molecule has 0 bridgehead atoms. The summed E-state index contributed by atoms with van der Waals surface area (Å²) in [7, 11) is -2.21. The van der Waals surface area contributed by atoms with Gasteiger partial charge in [0.25, 0.3) is 0 Å². The van der Waals surface area contributed by atoms with Crippen molar-refractivity contribution in [3.05, 3.63) is 0 Å². The van der Waals surface area contributed by atoms with Crippen molar-refractivity contribution in [3.63, 3.8) is 0 Å². The Morgan fingerprint density at radius 3 is 2.29 bits per heavy atom. The van der Waals surface area contributed by atoms with Crippen molar-refractivity contribution < 1.29 is 18.3 Å². The molecule has 82 valence electrons. The van der Waals surface area contributed by atoms with Crippen LogP contribution in [0.5, 0.6) is 0 Å². The topological polar surface area (TPSA) is 83.5 Å². The molecule has 1 atom stereocenters. The summed E-state index contributed by atoms with van der Waals surface area (Å²) in [5.41, 5.74) is 0. The Morgan fingerprint density at radius 1 is 1.43 bits per heavy atom. The highest BCUT2D eigenvalue weighted by Crippen LogP contribution is 2.26. The van der Waals surface area contributed by atoms with Gasteiger partial charge < -0.3 is 5.11 Å². The Labute approximate surface area is 83.4 Å². The smallest absolute Gasteiger partial charge is 0.336 e. The number of carboxylic acid groups (broad SMARTS) is 1. The SMILES string of the molecule is CNC(C(=O)O)S(=O)(=O)C1CCCC1. The van der Waals surface area contributed by atoms with Crippen LogP contribution in [-0.2, 0) is 14.6 Å². The van der Waals surface area contributed by atoms with Gasteiger partial charge in [-0.2, -0.15) is 0 Å². The number of rotatable bonds is 4. The largest absolute Gasteiger partial charge is 0.479 e. The number of carboxylic acids is 1. The summed E-state index contributed by atoms with van der Waals surface area (Å²) in [6, 6.07) is 0. The predicted molar refractivity (Wildman–Crippen MR) is 51.7 cm³/mol. The summed E-state index contributed by atoms with van der Waals surface area (Å²) in [5.74, 6) is -1.32. The molecule has 1 saturated carbocycles. The third kappa shape index (κ3) is 2.06. The van der Waals surface area contributed by atoms with Gasteiger partial charge in [-0.1, -0.05) is 12.8 Å². The van der Waals surface area contributed by atoms with E-state index >= 15 is 0 Å². The molecule has 0 spiro atoms. The molecule has 14 heavy (non-hydrogen) atoms. The summed E-state index contributed by atoms with van der Waals surface area (Å²) in [4.78, 5) is 10.7. The molecule has 1 fully saturated rings. The lowest BCUT2D eigenvalue weighted by Gasteiger charge is -2.17. The van der Waals surface area contributed by atoms with Gasteiger partial charge in [-0.3, -0.25) is 5.32 Å². The quantitative estimate of drug-likeness (QED) is 0.696. The van der Waals surface area contributed by atoms with Crippen LogP contribution >= 0.6 is 0 Å². The molecule has 0 radical (unpaired) electrons. The Morgan fingerprint density at radius 2 is 1.93 bits per heavy atom. The van der Waals surface area contributed by atoms with Crippen molar-refractivity contribution in [2.45, 2.75) is 36.3 Å². The number of carbonyl (C=O) groups is 1. The lowest BCUT2D eigenvalue weighted by molar-refractivity contribution is -0.137. The molecule has 5 nitrogen and oxygen atoms in total. The Bertz CT molecular complexity index is 305. The maximum absolute atomic E-state index is 11.8. The minimum Gasteiger partial charge on any atom is -0.479 e. The zero-order valence-electron chi connectivity index (χ0n) is 8.06. The van der Waals surface area contributed by atoms with Crippen LogP contribution in [0, 0.1) is 0 Å². The second kappa shape index (κ2) is 4.27. The highest BCUT2D eigenvalue weighted by atomic mass is 32.2. The Hall–Kier alpha value is -0.620. The van der Waals surface area contributed by atoms with E-state index in [2.05, 4.69) is 5.32 Å². The molecule has 1 aliphatic carbocycles. The molecular formula is C8H15NO4S. The van der Waals surface area contributed by atoms with Crippen molar-refractivity contribution in [1.82, 2.24) is 5.32 Å². The van der Waals surface area contributed by atoms with E-state index in [1.807, 2.05) is 0 Å². The normalized spacial score (nSPS) is 20.9. The summed E-state index contributed by atoms with van der Waals surface area (Å²) in [5, 5.41) is 9.13. The molecule has 0 aromatic carbocycles. The van der Waals surface area contributed by atoms with Crippen LogP contribution in [-0.4, -0.2) is 37.2 Å². The van der Waals surface area contributed by atoms with Gasteiger partial charge in [-0.05, 0) is 19.9 Å². The van der Waals surface area contributed by atoms with Gasteiger partial charge >= 0.3 is 5.97 Å². The van der Waals surface area contributed by atoms with Crippen LogP contribution in [0.25, 0.3) is 0 Å². The van der Waals surface area contributed by atoms with Crippen molar-refractivity contribution in [2.24, 2.45) is 0 Å². The van der Waals surface area contributed by atoms with Crippen LogP contribution in [0.15, 0.2) is 0 Å².